The molecule has 2 aromatic carbocycles. The summed E-state index contributed by atoms with van der Waals surface area (Å²) in [5.41, 5.74) is 14.7. The molecule has 1 saturated heterocycles. The normalized spacial score (nSPS) is 17.9. The summed E-state index contributed by atoms with van der Waals surface area (Å²) in [6.07, 6.45) is 3.98. The maximum absolute atomic E-state index is 13.8. The second kappa shape index (κ2) is 21.3. The van der Waals surface area contributed by atoms with E-state index < -0.39 is 85.2 Å². The van der Waals surface area contributed by atoms with Gasteiger partial charge >= 0.3 is 7.12 Å². The zero-order valence-electron chi connectivity index (χ0n) is 32.0. The second-order valence-corrected chi connectivity index (χ2v) is 14.3. The van der Waals surface area contributed by atoms with Gasteiger partial charge in [0.05, 0.1) is 18.5 Å². The standard InChI is InChI=1S/C38H56BN7O9/c1-5-6-7-8-9-25-10-12-27(13-11-25)28-14-16-29(17-15-28)38(53)46-21-26(20-40)18-31(46)36(51)45-33(23(3)47)37(52)42-22(2)34(49)44-30(19-32(41)48)35(50)43-24(4)39(54)55/h10-17,22-24,26,30-31,33,47,54-55H,5-9,18-21,40H2,1-4H3,(H2,41,48)(H,42,52)(H,43,50)(H,44,49)(H,45,51)/t22-,23-,24-,26?,30-,31-,33-/m0/s1. The highest BCUT2D eigenvalue weighted by molar-refractivity contribution is 6.43. The Labute approximate surface area is 322 Å². The SMILES string of the molecule is CCCCCCc1ccc(-c2ccc(C(=O)N3CC(CN)C[C@H]3C(=O)N[C@H](C(=O)N[C@@H](C)C(=O)N[C@@H](CC(N)=O)C(=O)N[C@@H](C)B(O)O)[C@H](C)O)cc2)cc1. The number of benzene rings is 2. The molecular formula is C38H56BN7O9. The first-order valence-electron chi connectivity index (χ1n) is 18.8. The fraction of sp³-hybridized carbons (Fsp3) is 0.526. The van der Waals surface area contributed by atoms with Gasteiger partial charge in [-0.1, -0.05) is 62.6 Å². The van der Waals surface area contributed by atoms with Crippen LogP contribution in [0.3, 0.4) is 0 Å². The van der Waals surface area contributed by atoms with E-state index in [1.54, 1.807) is 12.1 Å². The number of primary amides is 1. The van der Waals surface area contributed by atoms with E-state index in [-0.39, 0.29) is 25.4 Å². The number of nitrogens with zero attached hydrogens (tertiary/aromatic N) is 1. The van der Waals surface area contributed by atoms with Crippen LogP contribution in [0.2, 0.25) is 0 Å². The zero-order valence-corrected chi connectivity index (χ0v) is 32.0. The Kier molecular flexibility index (Phi) is 17.3. The van der Waals surface area contributed by atoms with Gasteiger partial charge in [-0.25, -0.2) is 0 Å². The molecule has 0 spiro atoms. The Bertz CT molecular complexity index is 1620. The van der Waals surface area contributed by atoms with E-state index in [2.05, 4.69) is 52.5 Å². The highest BCUT2D eigenvalue weighted by Crippen LogP contribution is 2.27. The molecule has 1 aliphatic heterocycles. The van der Waals surface area contributed by atoms with Crippen molar-refractivity contribution in [2.75, 3.05) is 13.1 Å². The number of carbonyl (C=O) groups is 6. The number of hydrogen-bond acceptors (Lipinski definition) is 10. The van der Waals surface area contributed by atoms with Crippen LogP contribution in [0.1, 0.15) is 82.1 Å². The molecule has 17 heteroatoms. The van der Waals surface area contributed by atoms with Gasteiger partial charge in [0, 0.05) is 12.1 Å². The van der Waals surface area contributed by atoms with Crippen LogP contribution in [-0.4, -0.2) is 112 Å². The minimum absolute atomic E-state index is 0.198. The molecule has 1 fully saturated rings. The summed E-state index contributed by atoms with van der Waals surface area (Å²) in [4.78, 5) is 79.3. The Morgan fingerprint density at radius 1 is 0.836 bits per heavy atom. The minimum Gasteiger partial charge on any atom is -0.426 e. The molecule has 7 atom stereocenters. The average molecular weight is 766 g/mol. The summed E-state index contributed by atoms with van der Waals surface area (Å²) in [7, 11) is -1.92. The number of rotatable bonds is 20. The first-order chi connectivity index (χ1) is 26.1. The van der Waals surface area contributed by atoms with Gasteiger partial charge in [0.25, 0.3) is 5.91 Å². The number of nitrogens with one attached hydrogen (secondary N) is 4. The first-order valence-corrected chi connectivity index (χ1v) is 18.8. The largest absolute Gasteiger partial charge is 0.475 e. The minimum atomic E-state index is -1.92. The van der Waals surface area contributed by atoms with Crippen molar-refractivity contribution in [1.29, 1.82) is 0 Å². The molecule has 0 radical (unpaired) electrons. The average Bonchev–Trinajstić information content (AvgIpc) is 3.59. The van der Waals surface area contributed by atoms with Crippen LogP contribution in [-0.2, 0) is 30.4 Å². The van der Waals surface area contributed by atoms with Crippen molar-refractivity contribution in [1.82, 2.24) is 26.2 Å². The number of carbonyl (C=O) groups excluding carboxylic acids is 6. The molecule has 16 nitrogen and oxygen atoms in total. The maximum atomic E-state index is 13.8. The van der Waals surface area contributed by atoms with E-state index in [1.807, 2.05) is 12.1 Å². The van der Waals surface area contributed by atoms with Gasteiger partial charge in [-0.3, -0.25) is 28.8 Å². The van der Waals surface area contributed by atoms with Gasteiger partial charge in [0.2, 0.25) is 29.5 Å². The molecule has 0 saturated carbocycles. The van der Waals surface area contributed by atoms with Crippen molar-refractivity contribution in [3.05, 3.63) is 59.7 Å². The molecule has 0 bridgehead atoms. The quantitative estimate of drug-likeness (QED) is 0.0617. The van der Waals surface area contributed by atoms with Crippen LogP contribution in [0.5, 0.6) is 0 Å². The van der Waals surface area contributed by atoms with Crippen molar-refractivity contribution in [2.45, 2.75) is 109 Å². The van der Waals surface area contributed by atoms with Crippen LogP contribution in [0.15, 0.2) is 48.5 Å². The highest BCUT2D eigenvalue weighted by atomic mass is 16.4. The molecule has 3 rings (SSSR count). The lowest BCUT2D eigenvalue weighted by Crippen LogP contribution is -2.60. The number of likely N-dealkylation sites (tertiary alicyclic amines) is 1. The number of unbranched alkanes of at least 4 members (excludes halogenated alkanes) is 3. The molecule has 11 N–H and O–H groups in total. The van der Waals surface area contributed by atoms with E-state index in [9.17, 15) is 43.9 Å². The summed E-state index contributed by atoms with van der Waals surface area (Å²) in [5.74, 6) is -6.16. The van der Waals surface area contributed by atoms with Crippen molar-refractivity contribution in [3.63, 3.8) is 0 Å². The molecule has 0 aliphatic carbocycles. The Morgan fingerprint density at radius 3 is 2.00 bits per heavy atom. The third-order valence-corrected chi connectivity index (χ3v) is 9.69. The highest BCUT2D eigenvalue weighted by Gasteiger charge is 2.41. The van der Waals surface area contributed by atoms with Gasteiger partial charge < -0.3 is 52.8 Å². The Morgan fingerprint density at radius 2 is 1.45 bits per heavy atom. The van der Waals surface area contributed by atoms with E-state index in [0.717, 1.165) is 24.0 Å². The Balaban J connectivity index is 1.67. The van der Waals surface area contributed by atoms with E-state index in [1.165, 1.54) is 50.5 Å². The number of aliphatic hydroxyl groups is 1. The van der Waals surface area contributed by atoms with Gasteiger partial charge in [0.15, 0.2) is 0 Å². The Hall–Kier alpha value is -4.84. The van der Waals surface area contributed by atoms with Gasteiger partial charge in [0.1, 0.15) is 24.2 Å². The fourth-order valence-corrected chi connectivity index (χ4v) is 6.29. The van der Waals surface area contributed by atoms with Crippen LogP contribution < -0.4 is 32.7 Å². The zero-order chi connectivity index (χ0) is 40.8. The monoisotopic (exact) mass is 765 g/mol. The molecule has 1 heterocycles. The predicted octanol–water partition coefficient (Wildman–Crippen LogP) is -0.487. The van der Waals surface area contributed by atoms with Crippen molar-refractivity contribution < 1.29 is 43.9 Å². The third-order valence-electron chi connectivity index (χ3n) is 9.69. The topological polar surface area (TPSA) is 267 Å². The first kappa shape index (κ1) is 44.6. The van der Waals surface area contributed by atoms with E-state index in [0.29, 0.717) is 5.56 Å². The molecule has 1 aliphatic rings. The number of amides is 6. The lowest BCUT2D eigenvalue weighted by Gasteiger charge is -2.28. The van der Waals surface area contributed by atoms with Gasteiger partial charge in [-0.15, -0.1) is 0 Å². The van der Waals surface area contributed by atoms with E-state index >= 15 is 0 Å². The molecule has 2 aromatic rings. The fourth-order valence-electron chi connectivity index (χ4n) is 6.29. The van der Waals surface area contributed by atoms with Gasteiger partial charge in [-0.2, -0.15) is 0 Å². The lowest BCUT2D eigenvalue weighted by molar-refractivity contribution is -0.136. The van der Waals surface area contributed by atoms with Gasteiger partial charge in [-0.05, 0) is 81.3 Å². The molecular weight excluding hydrogens is 709 g/mol. The summed E-state index contributed by atoms with van der Waals surface area (Å²) >= 11 is 0. The van der Waals surface area contributed by atoms with Crippen LogP contribution in [0.25, 0.3) is 11.1 Å². The smallest absolute Gasteiger partial charge is 0.426 e. The predicted molar refractivity (Wildman–Crippen MR) is 206 cm³/mol. The molecule has 0 aromatic heterocycles. The van der Waals surface area contributed by atoms with Crippen LogP contribution in [0.4, 0.5) is 0 Å². The van der Waals surface area contributed by atoms with Crippen molar-refractivity contribution in [2.24, 2.45) is 17.4 Å². The number of hydrogen-bond donors (Lipinski definition) is 9. The summed E-state index contributed by atoms with van der Waals surface area (Å²) in [5, 5.41) is 38.4. The molecule has 55 heavy (non-hydrogen) atoms. The number of aryl methyl sites for hydroxylation is 1. The molecule has 1 unspecified atom stereocenters. The lowest BCUT2D eigenvalue weighted by atomic mass is 9.81. The second-order valence-electron chi connectivity index (χ2n) is 14.3. The molecule has 6 amide bonds. The maximum Gasteiger partial charge on any atom is 0.475 e. The number of aliphatic hydroxyl groups excluding tert-OH is 1. The number of nitrogens with two attached hydrogens (primary N) is 2. The van der Waals surface area contributed by atoms with E-state index in [4.69, 9.17) is 11.5 Å². The third kappa shape index (κ3) is 13.2. The van der Waals surface area contributed by atoms with Crippen molar-refractivity contribution >= 4 is 42.6 Å². The van der Waals surface area contributed by atoms with Crippen LogP contribution >= 0.6 is 0 Å². The summed E-state index contributed by atoms with van der Waals surface area (Å²) in [6, 6.07) is 10.1. The summed E-state index contributed by atoms with van der Waals surface area (Å²) in [6.45, 7) is 6.42. The molecule has 300 valence electrons. The van der Waals surface area contributed by atoms with Crippen LogP contribution in [0, 0.1) is 5.92 Å². The van der Waals surface area contributed by atoms with Crippen molar-refractivity contribution in [3.8, 4) is 11.1 Å². The summed E-state index contributed by atoms with van der Waals surface area (Å²) < 4.78 is 0.